The Morgan fingerprint density at radius 3 is 0.750 bits per heavy atom. The highest BCUT2D eigenvalue weighted by molar-refractivity contribution is 7.19. The fraction of sp³-hybridized carbons (Fsp3) is 0.880. The van der Waals surface area contributed by atoms with Crippen LogP contribution in [0.3, 0.4) is 0 Å². The highest BCUT2D eigenvalue weighted by Crippen LogP contribution is 2.65. The zero-order chi connectivity index (χ0) is 40.5. The van der Waals surface area contributed by atoms with Gasteiger partial charge < -0.3 is 0 Å². The summed E-state index contributed by atoms with van der Waals surface area (Å²) in [5.74, 6) is 0. The van der Waals surface area contributed by atoms with E-state index >= 15 is 0 Å². The third-order valence-corrected chi connectivity index (χ3v) is 16.8. The van der Waals surface area contributed by atoms with Crippen molar-refractivity contribution in [2.24, 2.45) is 32.5 Å². The van der Waals surface area contributed by atoms with Gasteiger partial charge in [-0.2, -0.15) is 0 Å². The Hall–Kier alpha value is 0.0800. The smallest absolute Gasteiger partial charge is 0.0197 e. The minimum absolute atomic E-state index is 0.0602. The molecule has 52 heavy (non-hydrogen) atoms. The van der Waals surface area contributed by atoms with Gasteiger partial charge in [-0.15, -0.1) is 18.5 Å². The lowest BCUT2D eigenvalue weighted by Gasteiger charge is -2.58. The van der Waals surface area contributed by atoms with Crippen molar-refractivity contribution in [3.8, 4) is 0 Å². The van der Waals surface area contributed by atoms with E-state index in [-0.39, 0.29) is 32.0 Å². The normalized spacial score (nSPS) is 14.4. The molecule has 0 saturated heterocycles. The third kappa shape index (κ3) is 14.9. The summed E-state index contributed by atoms with van der Waals surface area (Å²) in [5, 5.41) is -0.193. The maximum atomic E-state index is 3.49. The van der Waals surface area contributed by atoms with Crippen LogP contribution < -0.4 is 0 Å². The van der Waals surface area contributed by atoms with Gasteiger partial charge in [0, 0.05) is 10.3 Å². The Balaban J connectivity index is 3.53. The van der Waals surface area contributed by atoms with Crippen LogP contribution in [-0.4, -0.2) is 0 Å². The van der Waals surface area contributed by atoms with Crippen LogP contribution in [0.1, 0.15) is 250 Å². The Bertz CT molecular complexity index is 1040. The first-order chi connectivity index (χ1) is 23.4. The number of rotatable bonds is 20. The van der Waals surface area contributed by atoms with Gasteiger partial charge in [0.1, 0.15) is 0 Å². The Kier molecular flexibility index (Phi) is 19.2. The van der Waals surface area contributed by atoms with E-state index in [2.05, 4.69) is 155 Å². The van der Waals surface area contributed by atoms with Crippen LogP contribution >= 0.6 is 18.5 Å². The molecule has 1 aromatic rings. The predicted molar refractivity (Wildman–Crippen MR) is 247 cm³/mol. The Morgan fingerprint density at radius 2 is 0.538 bits per heavy atom. The largest absolute Gasteiger partial charge is 0.125 e. The second-order valence-corrected chi connectivity index (χ2v) is 25.6. The van der Waals surface area contributed by atoms with Gasteiger partial charge in [0.05, 0.1) is 0 Å². The lowest BCUT2D eigenvalue weighted by molar-refractivity contribution is 0.118. The number of hydrogen-bond donors (Lipinski definition) is 0. The molecule has 0 N–H and O–H groups in total. The van der Waals surface area contributed by atoms with Crippen LogP contribution in [0, 0.1) is 32.5 Å². The first-order valence-electron chi connectivity index (χ1n) is 22.1. The van der Waals surface area contributed by atoms with E-state index in [1.807, 2.05) is 0 Å². The lowest BCUT2D eigenvalue weighted by atomic mass is 9.56. The van der Waals surface area contributed by atoms with Crippen molar-refractivity contribution >= 4 is 18.5 Å². The number of aryl methyl sites for hydroxylation is 2. The fourth-order valence-corrected chi connectivity index (χ4v) is 9.86. The monoisotopic (exact) mass is 759 g/mol. The molecular weight excluding hydrogens is 662 g/mol. The number of hydrogen-bond acceptors (Lipinski definition) is 0. The summed E-state index contributed by atoms with van der Waals surface area (Å²) in [6.45, 7) is 44.0. The molecule has 1 rings (SSSR count). The van der Waals surface area contributed by atoms with Crippen LogP contribution in [0.15, 0.2) is 12.1 Å². The molecule has 306 valence electrons. The van der Waals surface area contributed by atoms with Gasteiger partial charge in [0.15, 0.2) is 0 Å². The van der Waals surface area contributed by atoms with Crippen molar-refractivity contribution in [2.75, 3.05) is 0 Å². The van der Waals surface area contributed by atoms with E-state index in [1.54, 1.807) is 22.3 Å². The van der Waals surface area contributed by atoms with Crippen molar-refractivity contribution in [2.45, 2.75) is 251 Å². The summed E-state index contributed by atoms with van der Waals surface area (Å²) in [6.07, 6.45) is 24.4. The van der Waals surface area contributed by atoms with E-state index in [0.29, 0.717) is 10.8 Å². The minimum Gasteiger partial charge on any atom is -0.125 e. The second kappa shape index (κ2) is 20.0. The van der Waals surface area contributed by atoms with Crippen molar-refractivity contribution in [3.63, 3.8) is 0 Å². The van der Waals surface area contributed by atoms with E-state index in [9.17, 15) is 0 Å². The molecule has 0 spiro atoms. The molecule has 0 aliphatic rings. The van der Waals surface area contributed by atoms with E-state index < -0.39 is 0 Å². The minimum atomic E-state index is -0.0963. The number of unbranched alkanes of at least 4 members (excludes halogenated alkanes) is 12. The highest BCUT2D eigenvalue weighted by Gasteiger charge is 2.55. The molecule has 2 heteroatoms. The van der Waals surface area contributed by atoms with Crippen LogP contribution in [0.2, 0.25) is 0 Å². The van der Waals surface area contributed by atoms with Gasteiger partial charge in [-0.25, -0.2) is 0 Å². The summed E-state index contributed by atoms with van der Waals surface area (Å²) in [7, 11) is 6.99. The molecule has 0 aliphatic heterocycles. The summed E-state index contributed by atoms with van der Waals surface area (Å²) in [5.41, 5.74) is 7.62. The average Bonchev–Trinajstić information content (AvgIpc) is 2.95. The number of benzene rings is 1. The van der Waals surface area contributed by atoms with Gasteiger partial charge in [0.2, 0.25) is 0 Å². The maximum Gasteiger partial charge on any atom is 0.0197 e. The molecule has 0 radical (unpaired) electrons. The standard InChI is InChI=1S/C50H96P2/c1-43(2,3)35-31-27-23-19-21-25-29-33-39-37-41(49(51,45(7,8)9)46(10,11)12)42(50(52,47(13,14)15)48(16,17)18)38-40(39)34-30-26-22-20-24-28-32-36-44(4,5)6/h37-38H,19-36,51-52H2,1-18H3. The van der Waals surface area contributed by atoms with Gasteiger partial charge in [-0.1, -0.05) is 214 Å². The van der Waals surface area contributed by atoms with Gasteiger partial charge >= 0.3 is 0 Å². The topological polar surface area (TPSA) is 0 Å². The quantitative estimate of drug-likeness (QED) is 0.0918. The summed E-state index contributed by atoms with van der Waals surface area (Å²) in [6, 6.07) is 5.51. The molecule has 0 bridgehead atoms. The molecule has 2 unspecified atom stereocenters. The molecule has 0 aliphatic carbocycles. The first kappa shape index (κ1) is 50.1. The lowest BCUT2D eigenvalue weighted by Crippen LogP contribution is -2.51. The Labute approximate surface area is 334 Å². The molecule has 0 nitrogen and oxygen atoms in total. The highest BCUT2D eigenvalue weighted by atomic mass is 31.0. The first-order valence-corrected chi connectivity index (χ1v) is 23.3. The van der Waals surface area contributed by atoms with E-state index in [1.165, 1.54) is 116 Å². The molecule has 1 aromatic carbocycles. The molecule has 0 aromatic heterocycles. The predicted octanol–water partition coefficient (Wildman–Crippen LogP) is 17.4. The summed E-state index contributed by atoms with van der Waals surface area (Å²) < 4.78 is 0. The van der Waals surface area contributed by atoms with E-state index in [0.717, 1.165) is 0 Å². The van der Waals surface area contributed by atoms with Crippen molar-refractivity contribution in [1.82, 2.24) is 0 Å². The Morgan fingerprint density at radius 1 is 0.327 bits per heavy atom. The average molecular weight is 759 g/mol. The van der Waals surface area contributed by atoms with Gasteiger partial charge in [-0.3, -0.25) is 0 Å². The molecule has 0 amide bonds. The van der Waals surface area contributed by atoms with Crippen LogP contribution in [-0.2, 0) is 23.2 Å². The summed E-state index contributed by atoms with van der Waals surface area (Å²) >= 11 is 0. The maximum absolute atomic E-state index is 3.49. The zero-order valence-electron chi connectivity index (χ0n) is 39.0. The SMILES string of the molecule is CC(C)(C)CCCCCCCCCc1cc(C(P)(C(C)(C)C)C(C)(C)C)c(C(P)(C(C)(C)C)C(C)(C)C)cc1CCCCCCCCCC(C)(C)C. The zero-order valence-corrected chi connectivity index (χ0v) is 41.3. The van der Waals surface area contributed by atoms with Gasteiger partial charge in [0.25, 0.3) is 0 Å². The van der Waals surface area contributed by atoms with Gasteiger partial charge in [-0.05, 0) is 93.3 Å². The molecular formula is C50H96P2. The molecule has 2 atom stereocenters. The molecule has 0 saturated carbocycles. The second-order valence-electron chi connectivity index (χ2n) is 23.9. The molecule has 0 heterocycles. The van der Waals surface area contributed by atoms with Crippen molar-refractivity contribution < 1.29 is 0 Å². The molecule has 0 fully saturated rings. The van der Waals surface area contributed by atoms with Crippen LogP contribution in [0.5, 0.6) is 0 Å². The van der Waals surface area contributed by atoms with Crippen molar-refractivity contribution in [1.29, 1.82) is 0 Å². The third-order valence-electron chi connectivity index (χ3n) is 12.7. The van der Waals surface area contributed by atoms with Crippen molar-refractivity contribution in [3.05, 3.63) is 34.4 Å². The fourth-order valence-electron chi connectivity index (χ4n) is 9.38. The summed E-state index contributed by atoms with van der Waals surface area (Å²) in [4.78, 5) is 0. The van der Waals surface area contributed by atoms with Crippen LogP contribution in [0.4, 0.5) is 0 Å². The van der Waals surface area contributed by atoms with Crippen LogP contribution in [0.25, 0.3) is 0 Å². The van der Waals surface area contributed by atoms with E-state index in [4.69, 9.17) is 0 Å².